The molecule has 0 aromatic carbocycles. The van der Waals surface area contributed by atoms with Gasteiger partial charge >= 0.3 is 0 Å². The highest BCUT2D eigenvalue weighted by Gasteiger charge is 2.40. The molecule has 0 atom stereocenters. The SMILES string of the molecule is CNC(=O)C1(F)CCC(N)CC1.Cl. The van der Waals surface area contributed by atoms with Crippen LogP contribution in [0.15, 0.2) is 0 Å². The predicted octanol–water partition coefficient (Wildman–Crippen LogP) is 0.764. The summed E-state index contributed by atoms with van der Waals surface area (Å²) in [7, 11) is 1.46. The Morgan fingerprint density at radius 1 is 1.54 bits per heavy atom. The molecule has 0 saturated heterocycles. The van der Waals surface area contributed by atoms with Gasteiger partial charge < -0.3 is 11.1 Å². The van der Waals surface area contributed by atoms with Crippen molar-refractivity contribution in [1.29, 1.82) is 0 Å². The summed E-state index contributed by atoms with van der Waals surface area (Å²) in [6.45, 7) is 0. The van der Waals surface area contributed by atoms with E-state index in [1.165, 1.54) is 7.05 Å². The Kier molecular flexibility index (Phi) is 4.64. The summed E-state index contributed by atoms with van der Waals surface area (Å²) in [6.07, 6.45) is 1.72. The van der Waals surface area contributed by atoms with Crippen LogP contribution in [0.1, 0.15) is 25.7 Å². The number of amides is 1. The molecule has 1 fully saturated rings. The van der Waals surface area contributed by atoms with Crippen LogP contribution in [0.3, 0.4) is 0 Å². The van der Waals surface area contributed by atoms with Gasteiger partial charge in [0.1, 0.15) is 0 Å². The Hall–Kier alpha value is -0.350. The Labute approximate surface area is 83.7 Å². The van der Waals surface area contributed by atoms with E-state index < -0.39 is 11.6 Å². The molecule has 78 valence electrons. The average molecular weight is 211 g/mol. The zero-order chi connectivity index (χ0) is 9.19. The van der Waals surface area contributed by atoms with Gasteiger partial charge in [0, 0.05) is 13.1 Å². The molecular weight excluding hydrogens is 195 g/mol. The lowest BCUT2D eigenvalue weighted by Gasteiger charge is -2.30. The molecule has 0 heterocycles. The summed E-state index contributed by atoms with van der Waals surface area (Å²) in [5.74, 6) is -0.505. The Bertz CT molecular complexity index is 181. The maximum absolute atomic E-state index is 13.7. The van der Waals surface area contributed by atoms with Gasteiger partial charge in [-0.3, -0.25) is 4.79 Å². The van der Waals surface area contributed by atoms with Crippen LogP contribution in [0.4, 0.5) is 4.39 Å². The molecule has 0 radical (unpaired) electrons. The fraction of sp³-hybridized carbons (Fsp3) is 0.875. The summed E-state index contributed by atoms with van der Waals surface area (Å²) >= 11 is 0. The van der Waals surface area contributed by atoms with E-state index in [2.05, 4.69) is 5.32 Å². The normalized spacial score (nSPS) is 33.3. The van der Waals surface area contributed by atoms with E-state index in [0.29, 0.717) is 12.8 Å². The molecule has 0 aliphatic heterocycles. The lowest BCUT2D eigenvalue weighted by molar-refractivity contribution is -0.134. The summed E-state index contributed by atoms with van der Waals surface area (Å²) in [4.78, 5) is 11.1. The first-order valence-corrected chi connectivity index (χ1v) is 4.25. The highest BCUT2D eigenvalue weighted by Crippen LogP contribution is 2.31. The van der Waals surface area contributed by atoms with Gasteiger partial charge in [-0.15, -0.1) is 12.4 Å². The van der Waals surface area contributed by atoms with Crippen molar-refractivity contribution < 1.29 is 9.18 Å². The second-order valence-corrected chi connectivity index (χ2v) is 3.38. The molecule has 5 heteroatoms. The van der Waals surface area contributed by atoms with Gasteiger partial charge in [-0.2, -0.15) is 0 Å². The summed E-state index contributed by atoms with van der Waals surface area (Å²) in [5, 5.41) is 2.34. The van der Waals surface area contributed by atoms with E-state index >= 15 is 0 Å². The van der Waals surface area contributed by atoms with Crippen LogP contribution in [0.25, 0.3) is 0 Å². The van der Waals surface area contributed by atoms with E-state index in [4.69, 9.17) is 5.73 Å². The van der Waals surface area contributed by atoms with Gasteiger partial charge in [-0.1, -0.05) is 0 Å². The number of alkyl halides is 1. The zero-order valence-corrected chi connectivity index (χ0v) is 8.49. The standard InChI is InChI=1S/C8H15FN2O.ClH/c1-11-7(12)8(9)4-2-6(10)3-5-8;/h6H,2-5,10H2,1H3,(H,11,12);1H. The largest absolute Gasteiger partial charge is 0.356 e. The molecule has 0 aromatic heterocycles. The quantitative estimate of drug-likeness (QED) is 0.672. The molecule has 13 heavy (non-hydrogen) atoms. The van der Waals surface area contributed by atoms with Crippen molar-refractivity contribution in [3.8, 4) is 0 Å². The fourth-order valence-electron chi connectivity index (χ4n) is 1.55. The molecule has 3 N–H and O–H groups in total. The molecule has 0 bridgehead atoms. The topological polar surface area (TPSA) is 55.1 Å². The first-order valence-electron chi connectivity index (χ1n) is 4.25. The Balaban J connectivity index is 0.00000144. The van der Waals surface area contributed by atoms with Gasteiger partial charge in [0.15, 0.2) is 5.67 Å². The van der Waals surface area contributed by atoms with Crippen molar-refractivity contribution >= 4 is 18.3 Å². The fourth-order valence-corrected chi connectivity index (χ4v) is 1.55. The average Bonchev–Trinajstić information content (AvgIpc) is 2.09. The minimum Gasteiger partial charge on any atom is -0.356 e. The zero-order valence-electron chi connectivity index (χ0n) is 7.68. The highest BCUT2D eigenvalue weighted by atomic mass is 35.5. The van der Waals surface area contributed by atoms with E-state index in [-0.39, 0.29) is 31.3 Å². The monoisotopic (exact) mass is 210 g/mol. The number of nitrogens with one attached hydrogen (secondary N) is 1. The number of rotatable bonds is 1. The third kappa shape index (κ3) is 2.81. The predicted molar refractivity (Wildman–Crippen MR) is 51.6 cm³/mol. The van der Waals surface area contributed by atoms with Crippen LogP contribution in [-0.2, 0) is 4.79 Å². The lowest BCUT2D eigenvalue weighted by Crippen LogP contribution is -2.46. The molecule has 1 aliphatic carbocycles. The Morgan fingerprint density at radius 2 is 2.00 bits per heavy atom. The van der Waals surface area contributed by atoms with Gasteiger partial charge in [0.2, 0.25) is 0 Å². The van der Waals surface area contributed by atoms with E-state index in [1.807, 2.05) is 0 Å². The minimum atomic E-state index is -1.66. The van der Waals surface area contributed by atoms with Crippen LogP contribution in [-0.4, -0.2) is 24.7 Å². The van der Waals surface area contributed by atoms with Crippen molar-refractivity contribution in [3.05, 3.63) is 0 Å². The van der Waals surface area contributed by atoms with Gasteiger partial charge in [-0.05, 0) is 25.7 Å². The first kappa shape index (κ1) is 12.7. The van der Waals surface area contributed by atoms with Crippen LogP contribution in [0.5, 0.6) is 0 Å². The number of carbonyl (C=O) groups is 1. The van der Waals surface area contributed by atoms with Crippen molar-refractivity contribution in [1.82, 2.24) is 5.32 Å². The van der Waals surface area contributed by atoms with Gasteiger partial charge in [0.05, 0.1) is 0 Å². The summed E-state index contributed by atoms with van der Waals surface area (Å²) in [6, 6.07) is 0.0681. The van der Waals surface area contributed by atoms with E-state index in [9.17, 15) is 9.18 Å². The highest BCUT2D eigenvalue weighted by molar-refractivity contribution is 5.85. The number of carbonyl (C=O) groups excluding carboxylic acids is 1. The number of nitrogens with two attached hydrogens (primary N) is 1. The van der Waals surface area contributed by atoms with Crippen LogP contribution in [0.2, 0.25) is 0 Å². The van der Waals surface area contributed by atoms with Gasteiger partial charge in [0.25, 0.3) is 5.91 Å². The lowest BCUT2D eigenvalue weighted by atomic mass is 9.83. The van der Waals surface area contributed by atoms with Crippen molar-refractivity contribution in [2.24, 2.45) is 5.73 Å². The second kappa shape index (κ2) is 4.77. The molecule has 1 aliphatic rings. The molecule has 1 amide bonds. The smallest absolute Gasteiger partial charge is 0.257 e. The van der Waals surface area contributed by atoms with Gasteiger partial charge in [-0.25, -0.2) is 4.39 Å². The van der Waals surface area contributed by atoms with Crippen LogP contribution >= 0.6 is 12.4 Å². The first-order chi connectivity index (χ1) is 5.58. The number of hydrogen-bond acceptors (Lipinski definition) is 2. The molecule has 1 rings (SSSR count). The molecule has 3 nitrogen and oxygen atoms in total. The third-order valence-corrected chi connectivity index (χ3v) is 2.46. The maximum Gasteiger partial charge on any atom is 0.257 e. The van der Waals surface area contributed by atoms with Crippen LogP contribution in [0, 0.1) is 0 Å². The molecule has 0 spiro atoms. The Morgan fingerprint density at radius 3 is 2.38 bits per heavy atom. The molecule has 1 saturated carbocycles. The number of halogens is 2. The maximum atomic E-state index is 13.7. The second-order valence-electron chi connectivity index (χ2n) is 3.38. The molecule has 0 aromatic rings. The number of hydrogen-bond donors (Lipinski definition) is 2. The van der Waals surface area contributed by atoms with E-state index in [0.717, 1.165) is 0 Å². The van der Waals surface area contributed by atoms with E-state index in [1.54, 1.807) is 0 Å². The van der Waals surface area contributed by atoms with Crippen molar-refractivity contribution in [2.45, 2.75) is 37.4 Å². The van der Waals surface area contributed by atoms with Crippen molar-refractivity contribution in [2.75, 3.05) is 7.05 Å². The minimum absolute atomic E-state index is 0. The third-order valence-electron chi connectivity index (χ3n) is 2.46. The van der Waals surface area contributed by atoms with Crippen molar-refractivity contribution in [3.63, 3.8) is 0 Å². The summed E-state index contributed by atoms with van der Waals surface area (Å²) in [5.41, 5.74) is 3.94. The molecule has 0 unspecified atom stereocenters. The summed E-state index contributed by atoms with van der Waals surface area (Å²) < 4.78 is 13.7. The van der Waals surface area contributed by atoms with Crippen LogP contribution < -0.4 is 11.1 Å². The molecular formula is C8H16ClFN2O.